The zero-order valence-electron chi connectivity index (χ0n) is 53.7. The SMILES string of the molecule is CC/C=C\C/C=C\C/C=C\C/C=C\C/C=C\C/C=C\C/C=C\CCCCCC(=O)OCC(COC(=O)CCCCCCC/C=C\C/C=C\CCCCC)OC(=O)CCCCCCCCCCCCCC/C=C\C/C=C\C/C=C\C/C=C\CC. The van der Waals surface area contributed by atoms with Gasteiger partial charge in [-0.05, 0) is 148 Å². The molecule has 0 aliphatic rings. The van der Waals surface area contributed by atoms with E-state index in [9.17, 15) is 14.4 Å². The lowest BCUT2D eigenvalue weighted by atomic mass is 10.0. The number of esters is 3. The van der Waals surface area contributed by atoms with E-state index in [0.717, 1.165) is 161 Å². The van der Waals surface area contributed by atoms with Gasteiger partial charge < -0.3 is 14.2 Å². The highest BCUT2D eigenvalue weighted by molar-refractivity contribution is 5.71. The molecule has 0 aliphatic carbocycles. The number of hydrogen-bond donors (Lipinski definition) is 0. The molecule has 1 atom stereocenters. The predicted molar refractivity (Wildman–Crippen MR) is 362 cm³/mol. The van der Waals surface area contributed by atoms with Crippen LogP contribution >= 0.6 is 0 Å². The number of carbonyl (C=O) groups is 3. The predicted octanol–water partition coefficient (Wildman–Crippen LogP) is 23.7. The van der Waals surface area contributed by atoms with Crippen molar-refractivity contribution in [3.8, 4) is 0 Å². The van der Waals surface area contributed by atoms with Gasteiger partial charge in [-0.2, -0.15) is 0 Å². The molecule has 1 unspecified atom stereocenters. The van der Waals surface area contributed by atoms with Crippen LogP contribution in [0.2, 0.25) is 0 Å². The highest BCUT2D eigenvalue weighted by Gasteiger charge is 2.19. The van der Waals surface area contributed by atoms with E-state index in [1.54, 1.807) is 0 Å². The smallest absolute Gasteiger partial charge is 0.306 e. The summed E-state index contributed by atoms with van der Waals surface area (Å²) in [6.07, 6.45) is 101. The Morgan fingerprint density at radius 3 is 0.747 bits per heavy atom. The van der Waals surface area contributed by atoms with Gasteiger partial charge in [0.15, 0.2) is 6.10 Å². The maximum absolute atomic E-state index is 13.0. The lowest BCUT2D eigenvalue weighted by molar-refractivity contribution is -0.167. The Hall–Kier alpha value is -4.97. The number of ether oxygens (including phenoxy) is 3. The van der Waals surface area contributed by atoms with Gasteiger partial charge in [0.05, 0.1) is 0 Å². The Kier molecular flexibility index (Phi) is 65.4. The van der Waals surface area contributed by atoms with Gasteiger partial charge in [0.2, 0.25) is 0 Å². The second-order valence-electron chi connectivity index (χ2n) is 22.0. The first-order chi connectivity index (χ1) is 41.0. The number of rotatable bonds is 60. The van der Waals surface area contributed by atoms with Crippen molar-refractivity contribution in [3.63, 3.8) is 0 Å². The molecular weight excluding hydrogens is 1020 g/mol. The topological polar surface area (TPSA) is 78.9 Å². The third kappa shape index (κ3) is 67.7. The van der Waals surface area contributed by atoms with E-state index in [1.807, 2.05) is 0 Å². The third-order valence-electron chi connectivity index (χ3n) is 14.0. The van der Waals surface area contributed by atoms with E-state index in [4.69, 9.17) is 14.2 Å². The molecule has 468 valence electrons. The second-order valence-corrected chi connectivity index (χ2v) is 22.0. The lowest BCUT2D eigenvalue weighted by Crippen LogP contribution is -2.30. The van der Waals surface area contributed by atoms with Crippen molar-refractivity contribution in [2.75, 3.05) is 13.2 Å². The number of allylic oxidation sites excluding steroid dienone is 26. The fraction of sp³-hybridized carbons (Fsp3) is 0.623. The normalized spacial score (nSPS) is 13.1. The number of carbonyl (C=O) groups excluding carboxylic acids is 3. The van der Waals surface area contributed by atoms with Gasteiger partial charge in [-0.25, -0.2) is 0 Å². The van der Waals surface area contributed by atoms with Crippen LogP contribution in [0, 0.1) is 0 Å². The Bertz CT molecular complexity index is 1840. The van der Waals surface area contributed by atoms with Crippen LogP contribution < -0.4 is 0 Å². The molecule has 0 rings (SSSR count). The summed E-state index contributed by atoms with van der Waals surface area (Å²) in [4.78, 5) is 38.4. The van der Waals surface area contributed by atoms with Gasteiger partial charge in [-0.15, -0.1) is 0 Å². The first-order valence-electron chi connectivity index (χ1n) is 34.0. The number of hydrogen-bond acceptors (Lipinski definition) is 6. The van der Waals surface area contributed by atoms with Crippen molar-refractivity contribution in [1.29, 1.82) is 0 Å². The minimum Gasteiger partial charge on any atom is -0.462 e. The average Bonchev–Trinajstić information content (AvgIpc) is 3.49. The molecule has 0 spiro atoms. The molecule has 0 bridgehead atoms. The van der Waals surface area contributed by atoms with Gasteiger partial charge in [-0.1, -0.05) is 281 Å². The lowest BCUT2D eigenvalue weighted by Gasteiger charge is -2.18. The quantitative estimate of drug-likeness (QED) is 0.0261. The van der Waals surface area contributed by atoms with Crippen LogP contribution in [0.5, 0.6) is 0 Å². The van der Waals surface area contributed by atoms with E-state index in [1.165, 1.54) is 89.9 Å². The van der Waals surface area contributed by atoms with Crippen molar-refractivity contribution in [2.45, 2.75) is 297 Å². The summed E-state index contributed by atoms with van der Waals surface area (Å²) in [7, 11) is 0. The Balaban J connectivity index is 4.45. The molecule has 0 aromatic heterocycles. The van der Waals surface area contributed by atoms with Crippen molar-refractivity contribution < 1.29 is 28.6 Å². The van der Waals surface area contributed by atoms with Crippen LogP contribution in [-0.2, 0) is 28.6 Å². The largest absolute Gasteiger partial charge is 0.462 e. The molecule has 0 fully saturated rings. The fourth-order valence-electron chi connectivity index (χ4n) is 8.97. The van der Waals surface area contributed by atoms with Crippen molar-refractivity contribution in [1.82, 2.24) is 0 Å². The maximum atomic E-state index is 13.0. The van der Waals surface area contributed by atoms with E-state index in [-0.39, 0.29) is 31.1 Å². The van der Waals surface area contributed by atoms with E-state index < -0.39 is 6.10 Å². The first kappa shape index (κ1) is 78.0. The number of unbranched alkanes of at least 4 members (excludes halogenated alkanes) is 23. The molecule has 83 heavy (non-hydrogen) atoms. The summed E-state index contributed by atoms with van der Waals surface area (Å²) in [6, 6.07) is 0. The first-order valence-corrected chi connectivity index (χ1v) is 34.0. The van der Waals surface area contributed by atoms with E-state index in [0.29, 0.717) is 19.3 Å². The van der Waals surface area contributed by atoms with Crippen molar-refractivity contribution in [3.05, 3.63) is 158 Å². The minimum absolute atomic E-state index is 0.102. The fourth-order valence-corrected chi connectivity index (χ4v) is 8.97. The third-order valence-corrected chi connectivity index (χ3v) is 14.0. The van der Waals surface area contributed by atoms with Crippen LogP contribution in [0.25, 0.3) is 0 Å². The second kappa shape index (κ2) is 69.5. The molecule has 6 heteroatoms. The average molecular weight is 1150 g/mol. The summed E-state index contributed by atoms with van der Waals surface area (Å²) in [5, 5.41) is 0. The summed E-state index contributed by atoms with van der Waals surface area (Å²) in [6.45, 7) is 6.36. The molecular formula is C77H124O6. The molecule has 6 nitrogen and oxygen atoms in total. The summed E-state index contributed by atoms with van der Waals surface area (Å²) >= 11 is 0. The molecule has 0 saturated heterocycles. The molecule has 0 aromatic rings. The molecule has 0 aliphatic heterocycles. The Morgan fingerprint density at radius 1 is 0.253 bits per heavy atom. The van der Waals surface area contributed by atoms with Gasteiger partial charge in [-0.3, -0.25) is 14.4 Å². The molecule has 0 radical (unpaired) electrons. The Morgan fingerprint density at radius 2 is 0.470 bits per heavy atom. The molecule has 0 aromatic carbocycles. The molecule has 0 N–H and O–H groups in total. The highest BCUT2D eigenvalue weighted by atomic mass is 16.6. The van der Waals surface area contributed by atoms with Crippen molar-refractivity contribution >= 4 is 17.9 Å². The highest BCUT2D eigenvalue weighted by Crippen LogP contribution is 2.15. The molecule has 0 amide bonds. The van der Waals surface area contributed by atoms with Crippen LogP contribution in [0.4, 0.5) is 0 Å². The van der Waals surface area contributed by atoms with E-state index >= 15 is 0 Å². The molecule has 0 heterocycles. The monoisotopic (exact) mass is 1140 g/mol. The van der Waals surface area contributed by atoms with Crippen LogP contribution in [0.15, 0.2) is 158 Å². The summed E-state index contributed by atoms with van der Waals surface area (Å²) in [5.41, 5.74) is 0. The van der Waals surface area contributed by atoms with Gasteiger partial charge >= 0.3 is 17.9 Å². The van der Waals surface area contributed by atoms with Crippen LogP contribution in [0.1, 0.15) is 290 Å². The standard InChI is InChI=1S/C77H124O6/c1-4-7-10-13-16-19-22-25-28-30-32-34-36-38-40-42-44-46-49-52-55-58-61-64-67-70-76(79)82-73-74(72-81-75(78)69-66-63-60-57-54-51-48-27-24-21-18-15-12-9-6-3)83-77(80)71-68-65-62-59-56-53-50-47-45-43-41-39-37-35-33-31-29-26-23-20-17-14-11-8-5-2/h7-8,10-11,16-21,25-29,32-35,38,40,44,46,48,52,55,74H,4-6,9,12-15,22-24,30-31,36-37,39,41-43,45,47,49-51,53-54,56-73H2,1-3H3/b10-7-,11-8-,19-16-,20-17-,21-18-,28-25-,29-26-,34-32-,35-33-,40-38-,46-44-,48-27-,55-52-. The zero-order valence-corrected chi connectivity index (χ0v) is 53.7. The van der Waals surface area contributed by atoms with Crippen molar-refractivity contribution in [2.24, 2.45) is 0 Å². The maximum Gasteiger partial charge on any atom is 0.306 e. The van der Waals surface area contributed by atoms with Gasteiger partial charge in [0, 0.05) is 19.3 Å². The van der Waals surface area contributed by atoms with Crippen LogP contribution in [0.3, 0.4) is 0 Å². The Labute approximate surface area is 511 Å². The summed E-state index contributed by atoms with van der Waals surface area (Å²) in [5.74, 6) is -0.949. The summed E-state index contributed by atoms with van der Waals surface area (Å²) < 4.78 is 16.9. The zero-order chi connectivity index (χ0) is 59.9. The van der Waals surface area contributed by atoms with Gasteiger partial charge in [0.1, 0.15) is 13.2 Å². The minimum atomic E-state index is -0.809. The van der Waals surface area contributed by atoms with E-state index in [2.05, 4.69) is 179 Å². The van der Waals surface area contributed by atoms with Gasteiger partial charge in [0.25, 0.3) is 0 Å². The van der Waals surface area contributed by atoms with Crippen LogP contribution in [-0.4, -0.2) is 37.2 Å². The molecule has 0 saturated carbocycles.